The van der Waals surface area contributed by atoms with E-state index in [1.54, 1.807) is 24.3 Å². The van der Waals surface area contributed by atoms with Gasteiger partial charge in [0.05, 0.1) is 12.3 Å². The van der Waals surface area contributed by atoms with Crippen LogP contribution in [-0.4, -0.2) is 22.6 Å². The number of carboxylic acid groups (broad SMARTS) is 1. The Balaban J connectivity index is 2.73. The molecule has 1 aromatic carbocycles. The Bertz CT molecular complexity index is 563. The Kier molecular flexibility index (Phi) is 8.98. The van der Waals surface area contributed by atoms with Crippen molar-refractivity contribution in [3.63, 3.8) is 0 Å². The Labute approximate surface area is 144 Å². The molecule has 0 aromatic heterocycles. The average Bonchev–Trinajstić information content (AvgIpc) is 2.53. The number of ketones is 2. The molecule has 4 heteroatoms. The van der Waals surface area contributed by atoms with Crippen LogP contribution >= 0.6 is 0 Å². The number of benzene rings is 1. The summed E-state index contributed by atoms with van der Waals surface area (Å²) in [5.41, 5.74) is 0.843. The highest BCUT2D eigenvalue weighted by molar-refractivity contribution is 6.11. The number of Topliss-reactive ketones (excluding diaryl/α,β-unsaturated/α-hetero) is 2. The second kappa shape index (κ2) is 10.7. The van der Waals surface area contributed by atoms with Crippen LogP contribution < -0.4 is 0 Å². The minimum absolute atomic E-state index is 0.140. The van der Waals surface area contributed by atoms with E-state index in [2.05, 4.69) is 6.92 Å². The summed E-state index contributed by atoms with van der Waals surface area (Å²) in [6.45, 7) is 3.61. The highest BCUT2D eigenvalue weighted by Crippen LogP contribution is 2.21. The lowest BCUT2D eigenvalue weighted by molar-refractivity contribution is -0.136. The molecule has 0 aliphatic rings. The fraction of sp³-hybridized carbons (Fsp3) is 0.550. The molecule has 0 fully saturated rings. The Morgan fingerprint density at radius 2 is 1.62 bits per heavy atom. The topological polar surface area (TPSA) is 71.4 Å². The lowest BCUT2D eigenvalue weighted by Crippen LogP contribution is -2.23. The van der Waals surface area contributed by atoms with E-state index in [-0.39, 0.29) is 18.0 Å². The van der Waals surface area contributed by atoms with Gasteiger partial charge in [-0.1, -0.05) is 69.7 Å². The van der Waals surface area contributed by atoms with Gasteiger partial charge in [0.2, 0.25) is 0 Å². The van der Waals surface area contributed by atoms with E-state index in [1.165, 1.54) is 26.2 Å². The van der Waals surface area contributed by atoms with Gasteiger partial charge in [-0.25, -0.2) is 0 Å². The van der Waals surface area contributed by atoms with Gasteiger partial charge in [0.15, 0.2) is 5.78 Å². The highest BCUT2D eigenvalue weighted by Gasteiger charge is 2.26. The van der Waals surface area contributed by atoms with Crippen molar-refractivity contribution in [3.8, 4) is 0 Å². The van der Waals surface area contributed by atoms with Crippen molar-refractivity contribution in [1.29, 1.82) is 0 Å². The summed E-state index contributed by atoms with van der Waals surface area (Å²) in [7, 11) is 0. The summed E-state index contributed by atoms with van der Waals surface area (Å²) in [4.78, 5) is 35.6. The van der Waals surface area contributed by atoms with Gasteiger partial charge in [-0.3, -0.25) is 14.4 Å². The summed E-state index contributed by atoms with van der Waals surface area (Å²) in [5, 5.41) is 8.99. The van der Waals surface area contributed by atoms with E-state index in [1.807, 2.05) is 0 Å². The van der Waals surface area contributed by atoms with Crippen molar-refractivity contribution >= 4 is 17.5 Å². The zero-order valence-corrected chi connectivity index (χ0v) is 14.7. The molecule has 0 heterocycles. The van der Waals surface area contributed by atoms with Gasteiger partial charge in [0.25, 0.3) is 0 Å². The zero-order valence-electron chi connectivity index (χ0n) is 14.7. The lowest BCUT2D eigenvalue weighted by Gasteiger charge is -2.15. The van der Waals surface area contributed by atoms with Gasteiger partial charge in [-0.15, -0.1) is 0 Å². The Morgan fingerprint density at radius 1 is 1.00 bits per heavy atom. The summed E-state index contributed by atoms with van der Waals surface area (Å²) >= 11 is 0. The van der Waals surface area contributed by atoms with E-state index in [4.69, 9.17) is 5.11 Å². The summed E-state index contributed by atoms with van der Waals surface area (Å²) in [5.74, 6) is -2.02. The molecule has 0 amide bonds. The van der Waals surface area contributed by atoms with Crippen molar-refractivity contribution in [2.75, 3.05) is 0 Å². The smallest absolute Gasteiger partial charge is 0.307 e. The first-order valence-electron chi connectivity index (χ1n) is 8.81. The third-order valence-electron chi connectivity index (χ3n) is 4.28. The van der Waals surface area contributed by atoms with Crippen LogP contribution in [0.15, 0.2) is 24.3 Å². The predicted molar refractivity (Wildman–Crippen MR) is 94.3 cm³/mol. The zero-order chi connectivity index (χ0) is 17.9. The molecule has 0 saturated carbocycles. The van der Waals surface area contributed by atoms with E-state index < -0.39 is 11.9 Å². The maximum Gasteiger partial charge on any atom is 0.307 e. The molecule has 0 bridgehead atoms. The Hall–Kier alpha value is -1.97. The number of rotatable bonds is 12. The molecule has 0 radical (unpaired) electrons. The van der Waals surface area contributed by atoms with E-state index >= 15 is 0 Å². The van der Waals surface area contributed by atoms with E-state index in [0.717, 1.165) is 19.3 Å². The van der Waals surface area contributed by atoms with Crippen LogP contribution in [0, 0.1) is 5.92 Å². The Morgan fingerprint density at radius 3 is 2.25 bits per heavy atom. The van der Waals surface area contributed by atoms with Crippen LogP contribution in [0.2, 0.25) is 0 Å². The normalized spacial score (nSPS) is 11.9. The molecule has 132 valence electrons. The fourth-order valence-electron chi connectivity index (χ4n) is 2.91. The standard InChI is InChI=1S/C20H28O4/c1-3-4-5-6-7-8-12-17(15(2)21)20(24)18-13-10-9-11-16(18)14-19(22)23/h9-11,13,17H,3-8,12,14H2,1-2H3,(H,22,23). The van der Waals surface area contributed by atoms with Crippen LogP contribution in [0.25, 0.3) is 0 Å². The number of carbonyl (C=O) groups is 3. The fourth-order valence-corrected chi connectivity index (χ4v) is 2.91. The molecule has 1 rings (SSSR count). The van der Waals surface area contributed by atoms with Gasteiger partial charge in [-0.2, -0.15) is 0 Å². The molecule has 0 aliphatic heterocycles. The van der Waals surface area contributed by atoms with Crippen LogP contribution in [0.4, 0.5) is 0 Å². The molecule has 0 aliphatic carbocycles. The number of carboxylic acids is 1. The van der Waals surface area contributed by atoms with Crippen molar-refractivity contribution in [3.05, 3.63) is 35.4 Å². The van der Waals surface area contributed by atoms with Crippen molar-refractivity contribution in [2.24, 2.45) is 5.92 Å². The minimum Gasteiger partial charge on any atom is -0.481 e. The van der Waals surface area contributed by atoms with Gasteiger partial charge < -0.3 is 5.11 Å². The van der Waals surface area contributed by atoms with Crippen molar-refractivity contribution < 1.29 is 19.5 Å². The van der Waals surface area contributed by atoms with Crippen molar-refractivity contribution in [1.82, 2.24) is 0 Å². The van der Waals surface area contributed by atoms with Crippen LogP contribution in [0.3, 0.4) is 0 Å². The minimum atomic E-state index is -0.981. The summed E-state index contributed by atoms with van der Waals surface area (Å²) in [6, 6.07) is 6.69. The SMILES string of the molecule is CCCCCCCCC(C(C)=O)C(=O)c1ccccc1CC(=O)O. The second-order valence-corrected chi connectivity index (χ2v) is 6.31. The first kappa shape index (κ1) is 20.1. The number of carbonyl (C=O) groups excluding carboxylic acids is 2. The van der Waals surface area contributed by atoms with Crippen molar-refractivity contribution in [2.45, 2.75) is 65.2 Å². The molecule has 1 unspecified atom stereocenters. The van der Waals surface area contributed by atoms with Gasteiger partial charge in [0, 0.05) is 5.56 Å². The molecule has 1 aromatic rings. The largest absolute Gasteiger partial charge is 0.481 e. The average molecular weight is 332 g/mol. The molecule has 1 atom stereocenters. The van der Waals surface area contributed by atoms with Crippen LogP contribution in [0.5, 0.6) is 0 Å². The number of hydrogen-bond donors (Lipinski definition) is 1. The van der Waals surface area contributed by atoms with Gasteiger partial charge in [-0.05, 0) is 18.9 Å². The highest BCUT2D eigenvalue weighted by atomic mass is 16.4. The molecular weight excluding hydrogens is 304 g/mol. The molecule has 1 N–H and O–H groups in total. The summed E-state index contributed by atoms with van der Waals surface area (Å²) in [6.07, 6.45) is 6.94. The maximum atomic E-state index is 12.7. The monoisotopic (exact) mass is 332 g/mol. The number of hydrogen-bond acceptors (Lipinski definition) is 3. The molecular formula is C20H28O4. The number of aliphatic carboxylic acids is 1. The maximum absolute atomic E-state index is 12.7. The van der Waals surface area contributed by atoms with Gasteiger partial charge >= 0.3 is 5.97 Å². The molecule has 24 heavy (non-hydrogen) atoms. The van der Waals surface area contributed by atoms with E-state index in [0.29, 0.717) is 17.5 Å². The predicted octanol–water partition coefficient (Wildman–Crippen LogP) is 4.45. The first-order valence-corrected chi connectivity index (χ1v) is 8.81. The van der Waals surface area contributed by atoms with Crippen LogP contribution in [-0.2, 0) is 16.0 Å². The molecule has 0 spiro atoms. The second-order valence-electron chi connectivity index (χ2n) is 6.31. The lowest BCUT2D eigenvalue weighted by atomic mass is 9.87. The number of unbranched alkanes of at least 4 members (excludes halogenated alkanes) is 5. The third-order valence-corrected chi connectivity index (χ3v) is 4.28. The quantitative estimate of drug-likeness (QED) is 0.349. The summed E-state index contributed by atoms with van der Waals surface area (Å²) < 4.78 is 0. The van der Waals surface area contributed by atoms with Gasteiger partial charge in [0.1, 0.15) is 5.78 Å². The molecule has 0 saturated heterocycles. The van der Waals surface area contributed by atoms with Crippen LogP contribution in [0.1, 0.15) is 74.7 Å². The van der Waals surface area contributed by atoms with E-state index in [9.17, 15) is 14.4 Å². The third kappa shape index (κ3) is 6.65. The first-order chi connectivity index (χ1) is 11.5. The molecule has 4 nitrogen and oxygen atoms in total.